The molecule has 0 saturated heterocycles. The van der Waals surface area contributed by atoms with Gasteiger partial charge >= 0.3 is 17.9 Å². The van der Waals surface area contributed by atoms with E-state index in [0.29, 0.717) is 19.3 Å². The van der Waals surface area contributed by atoms with Crippen LogP contribution in [0.3, 0.4) is 0 Å². The molecule has 0 spiro atoms. The molecular formula is C68H116O6. The van der Waals surface area contributed by atoms with Crippen molar-refractivity contribution in [1.82, 2.24) is 0 Å². The highest BCUT2D eigenvalue weighted by atomic mass is 16.6. The van der Waals surface area contributed by atoms with Crippen LogP contribution in [0.4, 0.5) is 0 Å². The highest BCUT2D eigenvalue weighted by molar-refractivity contribution is 5.71. The summed E-state index contributed by atoms with van der Waals surface area (Å²) >= 11 is 0. The molecule has 0 rings (SSSR count). The largest absolute Gasteiger partial charge is 0.462 e. The van der Waals surface area contributed by atoms with E-state index in [1.807, 2.05) is 0 Å². The topological polar surface area (TPSA) is 78.9 Å². The van der Waals surface area contributed by atoms with Gasteiger partial charge in [-0.05, 0) is 103 Å². The third-order valence-electron chi connectivity index (χ3n) is 13.3. The Kier molecular flexibility index (Phi) is 58.8. The van der Waals surface area contributed by atoms with Crippen molar-refractivity contribution in [2.24, 2.45) is 0 Å². The van der Waals surface area contributed by atoms with Crippen molar-refractivity contribution in [3.63, 3.8) is 0 Å². The minimum absolute atomic E-state index is 0.0773. The number of hydrogen-bond donors (Lipinski definition) is 0. The summed E-state index contributed by atoms with van der Waals surface area (Å²) < 4.78 is 16.8. The second-order valence-electron chi connectivity index (χ2n) is 20.6. The van der Waals surface area contributed by atoms with E-state index in [0.717, 1.165) is 116 Å². The predicted molar refractivity (Wildman–Crippen MR) is 320 cm³/mol. The predicted octanol–water partition coefficient (Wildman–Crippen LogP) is 21.3. The molecule has 6 nitrogen and oxygen atoms in total. The Balaban J connectivity index is 4.05. The molecule has 0 aromatic carbocycles. The molecule has 0 aliphatic heterocycles. The van der Waals surface area contributed by atoms with Crippen molar-refractivity contribution in [3.8, 4) is 0 Å². The monoisotopic (exact) mass is 1030 g/mol. The first kappa shape index (κ1) is 70.3. The zero-order chi connectivity index (χ0) is 53.6. The summed E-state index contributed by atoms with van der Waals surface area (Å²) in [6.45, 7) is 6.48. The fourth-order valence-corrected chi connectivity index (χ4v) is 8.65. The van der Waals surface area contributed by atoms with Gasteiger partial charge in [0.15, 0.2) is 6.10 Å². The highest BCUT2D eigenvalue weighted by Crippen LogP contribution is 2.16. The van der Waals surface area contributed by atoms with Gasteiger partial charge in [-0.25, -0.2) is 0 Å². The lowest BCUT2D eigenvalue weighted by atomic mass is 10.0. The zero-order valence-corrected chi connectivity index (χ0v) is 48.6. The Hall–Kier alpha value is -3.67. The molecule has 0 aliphatic carbocycles. The molecule has 0 amide bonds. The fourth-order valence-electron chi connectivity index (χ4n) is 8.65. The summed E-state index contributed by atoms with van der Waals surface area (Å²) in [4.78, 5) is 38.0. The van der Waals surface area contributed by atoms with Crippen LogP contribution >= 0.6 is 0 Å². The first-order chi connectivity index (χ1) is 36.5. The Morgan fingerprint density at radius 3 is 0.851 bits per heavy atom. The van der Waals surface area contributed by atoms with E-state index in [9.17, 15) is 14.4 Å². The molecule has 0 aromatic heterocycles. The molecular weight excluding hydrogens is 913 g/mol. The van der Waals surface area contributed by atoms with Crippen molar-refractivity contribution in [1.29, 1.82) is 0 Å². The quantitative estimate of drug-likeness (QED) is 0.0261. The van der Waals surface area contributed by atoms with Crippen LogP contribution in [-0.2, 0) is 28.6 Å². The lowest BCUT2D eigenvalue weighted by Crippen LogP contribution is -2.30. The van der Waals surface area contributed by atoms with Crippen LogP contribution < -0.4 is 0 Å². The molecule has 0 aliphatic rings. The van der Waals surface area contributed by atoms with E-state index in [4.69, 9.17) is 14.2 Å². The smallest absolute Gasteiger partial charge is 0.306 e. The Morgan fingerprint density at radius 2 is 0.527 bits per heavy atom. The van der Waals surface area contributed by atoms with Crippen LogP contribution in [0.5, 0.6) is 0 Å². The van der Waals surface area contributed by atoms with E-state index in [1.54, 1.807) is 0 Å². The number of carbonyl (C=O) groups excluding carboxylic acids is 3. The lowest BCUT2D eigenvalue weighted by Gasteiger charge is -2.18. The van der Waals surface area contributed by atoms with E-state index in [1.165, 1.54) is 141 Å². The van der Waals surface area contributed by atoms with Gasteiger partial charge in [0.1, 0.15) is 13.2 Å². The van der Waals surface area contributed by atoms with Crippen molar-refractivity contribution in [2.45, 2.75) is 303 Å². The number of rotatable bonds is 56. The van der Waals surface area contributed by atoms with Gasteiger partial charge in [0.05, 0.1) is 0 Å². The van der Waals surface area contributed by atoms with Gasteiger partial charge in [0.25, 0.3) is 0 Å². The van der Waals surface area contributed by atoms with Crippen LogP contribution in [0, 0.1) is 0 Å². The Labute approximate surface area is 457 Å². The van der Waals surface area contributed by atoms with Crippen LogP contribution in [0.25, 0.3) is 0 Å². The minimum Gasteiger partial charge on any atom is -0.462 e. The third-order valence-corrected chi connectivity index (χ3v) is 13.3. The van der Waals surface area contributed by atoms with Gasteiger partial charge in [-0.2, -0.15) is 0 Å². The van der Waals surface area contributed by atoms with Crippen molar-refractivity contribution in [3.05, 3.63) is 97.2 Å². The summed E-state index contributed by atoms with van der Waals surface area (Å²) in [5.41, 5.74) is 0. The maximum Gasteiger partial charge on any atom is 0.306 e. The van der Waals surface area contributed by atoms with Gasteiger partial charge in [-0.15, -0.1) is 0 Å². The molecule has 0 aromatic rings. The zero-order valence-electron chi connectivity index (χ0n) is 48.6. The van der Waals surface area contributed by atoms with Crippen LogP contribution in [0.1, 0.15) is 297 Å². The van der Waals surface area contributed by atoms with Gasteiger partial charge in [-0.1, -0.05) is 272 Å². The van der Waals surface area contributed by atoms with E-state index >= 15 is 0 Å². The van der Waals surface area contributed by atoms with Crippen molar-refractivity contribution in [2.75, 3.05) is 13.2 Å². The number of esters is 3. The molecule has 424 valence electrons. The number of ether oxygens (including phenoxy) is 3. The molecule has 0 heterocycles. The van der Waals surface area contributed by atoms with Gasteiger partial charge in [0.2, 0.25) is 0 Å². The van der Waals surface area contributed by atoms with Crippen LogP contribution in [0.2, 0.25) is 0 Å². The second-order valence-corrected chi connectivity index (χ2v) is 20.6. The summed E-state index contributed by atoms with van der Waals surface area (Å²) in [7, 11) is 0. The number of allylic oxidation sites excluding steroid dienone is 16. The Morgan fingerprint density at radius 1 is 0.284 bits per heavy atom. The van der Waals surface area contributed by atoms with Crippen LogP contribution in [-0.4, -0.2) is 37.2 Å². The summed E-state index contributed by atoms with van der Waals surface area (Å²) in [6.07, 6.45) is 82.9. The third kappa shape index (κ3) is 59.2. The average Bonchev–Trinajstić information content (AvgIpc) is 3.40. The van der Waals surface area contributed by atoms with Crippen molar-refractivity contribution < 1.29 is 28.6 Å². The van der Waals surface area contributed by atoms with E-state index in [-0.39, 0.29) is 31.1 Å². The number of hydrogen-bond acceptors (Lipinski definition) is 6. The van der Waals surface area contributed by atoms with E-state index < -0.39 is 6.10 Å². The second kappa shape index (κ2) is 61.9. The number of carbonyl (C=O) groups is 3. The normalized spacial score (nSPS) is 12.7. The molecule has 74 heavy (non-hydrogen) atoms. The molecule has 0 fully saturated rings. The molecule has 1 atom stereocenters. The molecule has 0 radical (unpaired) electrons. The van der Waals surface area contributed by atoms with Crippen LogP contribution in [0.15, 0.2) is 97.2 Å². The highest BCUT2D eigenvalue weighted by Gasteiger charge is 2.19. The first-order valence-corrected chi connectivity index (χ1v) is 31.2. The molecule has 0 N–H and O–H groups in total. The first-order valence-electron chi connectivity index (χ1n) is 31.2. The maximum absolute atomic E-state index is 12.8. The molecule has 1 unspecified atom stereocenters. The number of unbranched alkanes of at least 4 members (excludes halogenated alkanes) is 29. The molecule has 0 bridgehead atoms. The lowest BCUT2D eigenvalue weighted by molar-refractivity contribution is -0.167. The molecule has 0 saturated carbocycles. The Bertz CT molecular complexity index is 1460. The standard InChI is InChI=1S/C68H116O6/c1-4-7-10-13-16-19-21-23-24-25-26-27-28-29-30-31-32-33-34-35-36-37-38-39-40-41-42-43-44-46-47-49-52-55-58-61-67(70)73-64-65(63-72-66(69)60-57-54-51-18-15-12-9-6-3)74-68(71)62-59-56-53-50-48-45-22-20-17-14-11-8-5-2/h7,10,16,19-20,22-24,26-27,29-30,32-33,35-36,65H,4-6,8-9,11-15,17-18,21,25,28,31,34,37-64H2,1-3H3/b10-7-,19-16-,22-20-,24-23-,27-26-,30-29-,33-32-,36-35-. The van der Waals surface area contributed by atoms with E-state index in [2.05, 4.69) is 118 Å². The summed E-state index contributed by atoms with van der Waals surface area (Å²) in [5.74, 6) is -0.885. The van der Waals surface area contributed by atoms with Crippen molar-refractivity contribution >= 4 is 17.9 Å². The average molecular weight is 1030 g/mol. The maximum atomic E-state index is 12.8. The SMILES string of the molecule is CC/C=C\C/C=C\C/C=C\C/C=C\C/C=C\C/C=C\C/C=C\CCCCCCCCCCCCCCCC(=O)OCC(COC(=O)CCCCCCCCCC)OC(=O)CCCCCCC/C=C\CCCCCC. The van der Waals surface area contributed by atoms with Gasteiger partial charge in [0, 0.05) is 19.3 Å². The van der Waals surface area contributed by atoms with Gasteiger partial charge < -0.3 is 14.2 Å². The fraction of sp³-hybridized carbons (Fsp3) is 0.721. The molecule has 6 heteroatoms. The minimum atomic E-state index is -0.777. The van der Waals surface area contributed by atoms with Gasteiger partial charge in [-0.3, -0.25) is 14.4 Å². The summed E-state index contributed by atoms with van der Waals surface area (Å²) in [5, 5.41) is 0. The summed E-state index contributed by atoms with van der Waals surface area (Å²) in [6, 6.07) is 0.